The van der Waals surface area contributed by atoms with Crippen molar-refractivity contribution in [1.29, 1.82) is 0 Å². The van der Waals surface area contributed by atoms with Crippen LogP contribution in [0.1, 0.15) is 118 Å². The molecule has 260 valence electrons. The number of hydrogen-bond acceptors (Lipinski definition) is 5. The first-order valence-electron chi connectivity index (χ1n) is 19.3. The van der Waals surface area contributed by atoms with Crippen molar-refractivity contribution >= 4 is 5.91 Å². The number of likely N-dealkylation sites (tertiary alicyclic amines) is 1. The zero-order valence-corrected chi connectivity index (χ0v) is 30.3. The molecule has 0 aromatic carbocycles. The van der Waals surface area contributed by atoms with E-state index in [1.807, 2.05) is 25.2 Å². The van der Waals surface area contributed by atoms with Crippen molar-refractivity contribution < 1.29 is 9.90 Å². The van der Waals surface area contributed by atoms with Crippen LogP contribution in [0.25, 0.3) is 0 Å². The lowest BCUT2D eigenvalue weighted by Gasteiger charge is -2.72. The molecule has 5 aliphatic carbocycles. The molecule has 11 atom stereocenters. The number of allylic oxidation sites excluding steroid dienone is 4. The molecule has 7 rings (SSSR count). The molecule has 0 radical (unpaired) electrons. The molecule has 0 bridgehead atoms. The van der Waals surface area contributed by atoms with Gasteiger partial charge in [-0.2, -0.15) is 0 Å². The van der Waals surface area contributed by atoms with Gasteiger partial charge in [0.25, 0.3) is 0 Å². The highest BCUT2D eigenvalue weighted by atomic mass is 16.3. The molecular formula is C41H64N4O2. The van der Waals surface area contributed by atoms with Crippen molar-refractivity contribution in [2.24, 2.45) is 45.3 Å². The first-order valence-corrected chi connectivity index (χ1v) is 19.3. The highest BCUT2D eigenvalue weighted by Gasteiger charge is 2.71. The summed E-state index contributed by atoms with van der Waals surface area (Å²) in [6, 6.07) is 0.149. The standard InChI is InChI=1S/C41H64N4O2/c1-8-10-13-27(9-2)28-26-43-35(44-28)29-14-12-25-45(29)36(47)40-20-11-15-33(40)41(42-7)24-18-31-38(5)22-19-34(46)37(3,4)30(38)16-21-39(31,6)32(41)17-23-40/h8-10,13,26,29-35,42-44,46H,2,11-12,14-25H2,1,3-7H3/b10-8-,27-13+. The number of amides is 1. The Kier molecular flexibility index (Phi) is 8.39. The number of aliphatic hydroxyl groups is 1. The molecule has 1 saturated heterocycles. The van der Waals surface area contributed by atoms with Gasteiger partial charge >= 0.3 is 0 Å². The van der Waals surface area contributed by atoms with Crippen LogP contribution in [0.3, 0.4) is 0 Å². The normalized spacial score (nSPS) is 47.3. The Balaban J connectivity index is 1.15. The van der Waals surface area contributed by atoms with Crippen LogP contribution in [0, 0.1) is 45.3 Å². The summed E-state index contributed by atoms with van der Waals surface area (Å²) in [6.07, 6.45) is 24.7. The quantitative estimate of drug-likeness (QED) is 0.230. The van der Waals surface area contributed by atoms with Crippen molar-refractivity contribution in [2.75, 3.05) is 13.6 Å². The number of carbonyl (C=O) groups excluding carboxylic acids is 1. The summed E-state index contributed by atoms with van der Waals surface area (Å²) in [7, 11) is 2.24. The van der Waals surface area contributed by atoms with E-state index in [0.29, 0.717) is 29.6 Å². The summed E-state index contributed by atoms with van der Waals surface area (Å²) in [4.78, 5) is 17.5. The van der Waals surface area contributed by atoms with Crippen molar-refractivity contribution in [2.45, 2.75) is 142 Å². The Morgan fingerprint density at radius 1 is 0.936 bits per heavy atom. The number of aliphatic hydroxyl groups excluding tert-OH is 1. The molecule has 6 nitrogen and oxygen atoms in total. The van der Waals surface area contributed by atoms with Crippen LogP contribution in [0.2, 0.25) is 0 Å². The highest BCUT2D eigenvalue weighted by Crippen LogP contribution is 2.74. The molecule has 6 fully saturated rings. The maximum absolute atomic E-state index is 15.2. The fourth-order valence-electron chi connectivity index (χ4n) is 14.1. The molecule has 5 saturated carbocycles. The Morgan fingerprint density at radius 3 is 2.40 bits per heavy atom. The zero-order chi connectivity index (χ0) is 33.4. The summed E-state index contributed by atoms with van der Waals surface area (Å²) in [5, 5.41) is 22.5. The van der Waals surface area contributed by atoms with Gasteiger partial charge in [-0.15, -0.1) is 0 Å². The molecule has 2 heterocycles. The van der Waals surface area contributed by atoms with Crippen molar-refractivity contribution in [3.8, 4) is 0 Å². The topological polar surface area (TPSA) is 76.6 Å². The minimum absolute atomic E-state index is 0.0206. The predicted molar refractivity (Wildman–Crippen MR) is 191 cm³/mol. The van der Waals surface area contributed by atoms with E-state index < -0.39 is 0 Å². The second-order valence-corrected chi connectivity index (χ2v) is 18.0. The number of hydrogen-bond donors (Lipinski definition) is 4. The average molecular weight is 645 g/mol. The Morgan fingerprint density at radius 2 is 1.66 bits per heavy atom. The lowest BCUT2D eigenvalue weighted by molar-refractivity contribution is -0.224. The fraction of sp³-hybridized carbons (Fsp3) is 0.780. The molecule has 6 heteroatoms. The van der Waals surface area contributed by atoms with Crippen LogP contribution in [0.15, 0.2) is 48.4 Å². The molecule has 47 heavy (non-hydrogen) atoms. The molecule has 0 spiro atoms. The van der Waals surface area contributed by atoms with Crippen LogP contribution in [-0.2, 0) is 4.79 Å². The van der Waals surface area contributed by atoms with Crippen LogP contribution in [-0.4, -0.2) is 53.4 Å². The smallest absolute Gasteiger partial charge is 0.229 e. The summed E-state index contributed by atoms with van der Waals surface area (Å²) < 4.78 is 0. The van der Waals surface area contributed by atoms with E-state index >= 15 is 4.79 Å². The summed E-state index contributed by atoms with van der Waals surface area (Å²) >= 11 is 0. The monoisotopic (exact) mass is 645 g/mol. The van der Waals surface area contributed by atoms with E-state index in [1.165, 1.54) is 38.5 Å². The van der Waals surface area contributed by atoms with Gasteiger partial charge in [-0.3, -0.25) is 4.79 Å². The molecule has 2 aliphatic heterocycles. The SMILES string of the molecule is C=C/C(=C\C=C/C)C1=CNC(C2CCCN2C(=O)C23CCCC2C2(NC)CCC4C5(C)CCC(O)C(C)(C)C5CCC4(C)C2CC3)N1. The number of carbonyl (C=O) groups is 1. The van der Waals surface area contributed by atoms with Crippen LogP contribution in [0.5, 0.6) is 0 Å². The van der Waals surface area contributed by atoms with Gasteiger partial charge in [0.2, 0.25) is 5.91 Å². The largest absolute Gasteiger partial charge is 0.393 e. The van der Waals surface area contributed by atoms with E-state index in [-0.39, 0.29) is 45.5 Å². The molecule has 0 aromatic rings. The minimum atomic E-state index is -0.254. The molecule has 4 N–H and O–H groups in total. The number of nitrogens with one attached hydrogen (secondary N) is 3. The second kappa shape index (κ2) is 11.8. The van der Waals surface area contributed by atoms with Crippen LogP contribution < -0.4 is 16.0 Å². The third-order valence-corrected chi connectivity index (χ3v) is 16.2. The maximum Gasteiger partial charge on any atom is 0.229 e. The van der Waals surface area contributed by atoms with Gasteiger partial charge in [0.15, 0.2) is 0 Å². The van der Waals surface area contributed by atoms with Crippen LogP contribution in [0.4, 0.5) is 0 Å². The first kappa shape index (κ1) is 33.4. The zero-order valence-electron chi connectivity index (χ0n) is 30.3. The Labute approximate surface area is 285 Å². The van der Waals surface area contributed by atoms with Crippen LogP contribution >= 0.6 is 0 Å². The van der Waals surface area contributed by atoms with Crippen molar-refractivity contribution in [3.63, 3.8) is 0 Å². The van der Waals surface area contributed by atoms with E-state index in [0.717, 1.165) is 62.8 Å². The van der Waals surface area contributed by atoms with Gasteiger partial charge in [0.05, 0.1) is 23.3 Å². The third kappa shape index (κ3) is 4.65. The minimum Gasteiger partial charge on any atom is -0.393 e. The third-order valence-electron chi connectivity index (χ3n) is 16.2. The molecule has 7 aliphatic rings. The highest BCUT2D eigenvalue weighted by molar-refractivity contribution is 5.84. The van der Waals surface area contributed by atoms with Gasteiger partial charge < -0.3 is 26.0 Å². The summed E-state index contributed by atoms with van der Waals surface area (Å²) in [5.41, 5.74) is 2.41. The number of nitrogens with zero attached hydrogens (tertiary/aromatic N) is 1. The predicted octanol–water partition coefficient (Wildman–Crippen LogP) is 7.19. The molecule has 11 unspecified atom stereocenters. The molecule has 0 aromatic heterocycles. The first-order chi connectivity index (χ1) is 22.4. The Hall–Kier alpha value is -2.05. The Bertz CT molecular complexity index is 1350. The van der Waals surface area contributed by atoms with Crippen molar-refractivity contribution in [3.05, 3.63) is 48.4 Å². The van der Waals surface area contributed by atoms with E-state index in [4.69, 9.17) is 0 Å². The molecular weight excluding hydrogens is 580 g/mol. The van der Waals surface area contributed by atoms with Gasteiger partial charge in [-0.1, -0.05) is 65.0 Å². The van der Waals surface area contributed by atoms with Gasteiger partial charge in [0.1, 0.15) is 6.17 Å². The fourth-order valence-corrected chi connectivity index (χ4v) is 14.1. The second-order valence-electron chi connectivity index (χ2n) is 18.0. The summed E-state index contributed by atoms with van der Waals surface area (Å²) in [5.74, 6) is 2.71. The van der Waals surface area contributed by atoms with Gasteiger partial charge in [0, 0.05) is 18.3 Å². The van der Waals surface area contributed by atoms with E-state index in [1.54, 1.807) is 0 Å². The van der Waals surface area contributed by atoms with E-state index in [9.17, 15) is 5.11 Å². The van der Waals surface area contributed by atoms with Gasteiger partial charge in [-0.05, 0) is 137 Å². The van der Waals surface area contributed by atoms with E-state index in [2.05, 4.69) is 74.4 Å². The van der Waals surface area contributed by atoms with Crippen molar-refractivity contribution in [1.82, 2.24) is 20.9 Å². The average Bonchev–Trinajstić information content (AvgIpc) is 3.83. The lowest BCUT2D eigenvalue weighted by Crippen LogP contribution is -2.73. The maximum atomic E-state index is 15.2. The molecule has 1 amide bonds. The van der Waals surface area contributed by atoms with Gasteiger partial charge in [-0.25, -0.2) is 0 Å². The number of rotatable bonds is 6. The lowest BCUT2D eigenvalue weighted by atomic mass is 9.35. The summed E-state index contributed by atoms with van der Waals surface area (Å²) in [6.45, 7) is 16.9. The number of fused-ring (bicyclic) bond motifs is 7.